The lowest BCUT2D eigenvalue weighted by molar-refractivity contribution is -0.632. The summed E-state index contributed by atoms with van der Waals surface area (Å²) < 4.78 is 34.0. The lowest BCUT2D eigenvalue weighted by Crippen LogP contribution is -2.23. The average molecular weight is 184 g/mol. The minimum Gasteiger partial charge on any atom is -0.672 e. The summed E-state index contributed by atoms with van der Waals surface area (Å²) in [6.45, 7) is 0. The van der Waals surface area contributed by atoms with Crippen LogP contribution in [0.2, 0.25) is 0 Å². The van der Waals surface area contributed by atoms with Gasteiger partial charge in [-0.15, -0.1) is 0 Å². The van der Waals surface area contributed by atoms with Crippen LogP contribution in [0.4, 0.5) is 0 Å². The summed E-state index contributed by atoms with van der Waals surface area (Å²) >= 11 is -0.116. The lowest BCUT2D eigenvalue weighted by Gasteiger charge is -2.11. The first kappa shape index (κ1) is 4.60. The fourth-order valence-corrected chi connectivity index (χ4v) is 2.40. The maximum Gasteiger partial charge on any atom is 0.141 e. The summed E-state index contributed by atoms with van der Waals surface area (Å²) in [7, 11) is 0. The van der Waals surface area contributed by atoms with Gasteiger partial charge < -0.3 is 5.26 Å². The minimum absolute atomic E-state index is 0.169. The van der Waals surface area contributed by atoms with Crippen LogP contribution in [0.25, 0.3) is 0 Å². The van der Waals surface area contributed by atoms with Crippen LogP contribution in [0.5, 0.6) is 0 Å². The van der Waals surface area contributed by atoms with Gasteiger partial charge in [-0.3, -0.25) is 0 Å². The number of hydrogen-bond donors (Lipinski definition) is 0. The van der Waals surface area contributed by atoms with Gasteiger partial charge in [-0.25, -0.2) is 4.33 Å². The summed E-state index contributed by atoms with van der Waals surface area (Å²) in [5, 5.41) is 10.2. The van der Waals surface area contributed by atoms with Gasteiger partial charge in [0.15, 0.2) is 0 Å². The predicted molar refractivity (Wildman–Crippen MR) is 44.7 cm³/mol. The molecule has 0 aromatic rings. The normalized spacial score (nSPS) is 39.7. The molecule has 1 aliphatic rings. The Morgan fingerprint density at radius 2 is 2.00 bits per heavy atom. The third-order valence-electron chi connectivity index (χ3n) is 1.10. The van der Waals surface area contributed by atoms with E-state index in [1.165, 1.54) is 0 Å². The van der Waals surface area contributed by atoms with E-state index in [0.29, 0.717) is 23.3 Å². The van der Waals surface area contributed by atoms with E-state index in [2.05, 4.69) is 4.33 Å². The largest absolute Gasteiger partial charge is 0.672 e. The average Bonchev–Trinajstić information content (AvgIpc) is 2.00. The van der Waals surface area contributed by atoms with Gasteiger partial charge in [0.1, 0.15) is 22.7 Å². The Morgan fingerprint density at radius 3 is 2.50 bits per heavy atom. The monoisotopic (exact) mass is 184 g/mol. The number of hydrogen-bond acceptors (Lipinski definition) is 3. The Balaban J connectivity index is 2.64. The Kier molecular flexibility index (Phi) is 2.43. The van der Waals surface area contributed by atoms with Crippen molar-refractivity contribution < 1.29 is 15.1 Å². The van der Waals surface area contributed by atoms with Crippen molar-refractivity contribution in [1.29, 1.82) is 0 Å². The molecule has 1 aliphatic heterocycles. The summed E-state index contributed by atoms with van der Waals surface area (Å²) in [6.07, 6.45) is 0.338. The Labute approximate surface area is 74.4 Å². The molecule has 0 bridgehead atoms. The molecule has 0 aromatic heterocycles. The molecule has 0 N–H and O–H groups in total. The van der Waals surface area contributed by atoms with Crippen LogP contribution in [0, 0.1) is 0 Å². The standard InChI is InChI=1S/C6H12O2S2/c7-8-10-5-1-3-9-4-2-6-10/h1-6H2/i3D2,4D2. The van der Waals surface area contributed by atoms with Gasteiger partial charge in [0.2, 0.25) is 0 Å². The van der Waals surface area contributed by atoms with Crippen molar-refractivity contribution in [2.45, 2.75) is 12.8 Å². The first-order valence-corrected chi connectivity index (χ1v) is 5.33. The molecular formula is C6H12O2S2. The second kappa shape index (κ2) is 5.29. The molecule has 1 rings (SSSR count). The van der Waals surface area contributed by atoms with Crippen molar-refractivity contribution in [3.63, 3.8) is 0 Å². The Hall–Kier alpha value is 0.620. The molecule has 0 aliphatic carbocycles. The molecular weight excluding hydrogens is 168 g/mol. The SMILES string of the molecule is [2H]C1([2H])CC[S+](O[O-])CCC([2H])([2H])S1. The zero-order chi connectivity index (χ0) is 10.8. The van der Waals surface area contributed by atoms with Gasteiger partial charge in [0.25, 0.3) is 0 Å². The zero-order valence-electron chi connectivity index (χ0n) is 9.46. The van der Waals surface area contributed by atoms with Crippen molar-refractivity contribution >= 4 is 22.9 Å². The fraction of sp³-hybridized carbons (Fsp3) is 1.00. The van der Waals surface area contributed by atoms with E-state index in [0.717, 1.165) is 0 Å². The third kappa shape index (κ3) is 3.14. The fourth-order valence-electron chi connectivity index (χ4n) is 0.634. The van der Waals surface area contributed by atoms with E-state index in [4.69, 9.17) is 5.48 Å². The van der Waals surface area contributed by atoms with Crippen molar-refractivity contribution in [3.8, 4) is 0 Å². The molecule has 0 spiro atoms. The summed E-state index contributed by atoms with van der Waals surface area (Å²) in [5.41, 5.74) is -3.21. The van der Waals surface area contributed by atoms with Crippen LogP contribution in [0.15, 0.2) is 0 Å². The summed E-state index contributed by atoms with van der Waals surface area (Å²) in [5.74, 6) is 0.777. The smallest absolute Gasteiger partial charge is 0.141 e. The van der Waals surface area contributed by atoms with E-state index in [-0.39, 0.29) is 12.8 Å². The maximum absolute atomic E-state index is 10.2. The molecule has 0 atom stereocenters. The predicted octanol–water partition coefficient (Wildman–Crippen LogP) is 0.339. The Morgan fingerprint density at radius 1 is 1.40 bits per heavy atom. The van der Waals surface area contributed by atoms with Gasteiger partial charge >= 0.3 is 0 Å². The van der Waals surface area contributed by atoms with E-state index >= 15 is 0 Å². The van der Waals surface area contributed by atoms with E-state index in [1.807, 2.05) is 0 Å². The second-order valence-corrected chi connectivity index (χ2v) is 4.42. The molecule has 0 saturated carbocycles. The molecule has 10 heavy (non-hydrogen) atoms. The van der Waals surface area contributed by atoms with E-state index in [9.17, 15) is 5.26 Å². The van der Waals surface area contributed by atoms with Crippen molar-refractivity contribution in [2.24, 2.45) is 0 Å². The topological polar surface area (TPSA) is 32.3 Å². The van der Waals surface area contributed by atoms with Crippen LogP contribution in [0.1, 0.15) is 18.3 Å². The van der Waals surface area contributed by atoms with Gasteiger partial charge in [-0.1, -0.05) is 0 Å². The van der Waals surface area contributed by atoms with Gasteiger partial charge in [0, 0.05) is 18.3 Å². The summed E-state index contributed by atoms with van der Waals surface area (Å²) in [4.78, 5) is 0. The number of thioether (sulfide) groups is 1. The van der Waals surface area contributed by atoms with Crippen LogP contribution < -0.4 is 5.26 Å². The van der Waals surface area contributed by atoms with Crippen molar-refractivity contribution in [1.82, 2.24) is 0 Å². The summed E-state index contributed by atoms with van der Waals surface area (Å²) in [6, 6.07) is 0. The highest BCUT2D eigenvalue weighted by Gasteiger charge is 2.17. The van der Waals surface area contributed by atoms with Crippen LogP contribution in [-0.2, 0) is 15.5 Å². The molecule has 2 nitrogen and oxygen atoms in total. The molecule has 1 heterocycles. The molecule has 0 unspecified atom stereocenters. The third-order valence-corrected chi connectivity index (χ3v) is 3.31. The zero-order valence-corrected chi connectivity index (χ0v) is 7.09. The lowest BCUT2D eigenvalue weighted by atomic mass is 10.5. The van der Waals surface area contributed by atoms with Crippen molar-refractivity contribution in [2.75, 3.05) is 22.9 Å². The van der Waals surface area contributed by atoms with Crippen LogP contribution >= 0.6 is 11.8 Å². The quantitative estimate of drug-likeness (QED) is 0.335. The first-order valence-electron chi connectivity index (χ1n) is 5.03. The molecule has 4 heteroatoms. The minimum atomic E-state index is -1.60. The van der Waals surface area contributed by atoms with Gasteiger partial charge in [0.05, 0.1) is 0 Å². The highest BCUT2D eigenvalue weighted by molar-refractivity contribution is 7.99. The number of rotatable bonds is 1. The highest BCUT2D eigenvalue weighted by Crippen LogP contribution is 2.13. The van der Waals surface area contributed by atoms with Gasteiger partial charge in [-0.2, -0.15) is 11.8 Å². The molecule has 1 saturated heterocycles. The maximum atomic E-state index is 10.2. The molecule has 0 amide bonds. The van der Waals surface area contributed by atoms with Crippen LogP contribution in [0.3, 0.4) is 0 Å². The van der Waals surface area contributed by atoms with Crippen LogP contribution in [-0.4, -0.2) is 22.9 Å². The van der Waals surface area contributed by atoms with E-state index in [1.54, 1.807) is 0 Å². The first-order chi connectivity index (χ1) is 6.35. The molecule has 1 fully saturated rings. The van der Waals surface area contributed by atoms with Gasteiger partial charge in [-0.05, 0) is 11.4 Å². The Bertz CT molecular complexity index is 184. The molecule has 0 radical (unpaired) electrons. The molecule has 60 valence electrons. The van der Waals surface area contributed by atoms with Crippen molar-refractivity contribution in [3.05, 3.63) is 0 Å². The second-order valence-electron chi connectivity index (χ2n) is 1.81. The highest BCUT2D eigenvalue weighted by atomic mass is 32.2. The molecule has 0 aromatic carbocycles. The van der Waals surface area contributed by atoms with E-state index < -0.39 is 22.6 Å².